The van der Waals surface area contributed by atoms with Crippen LogP contribution in [0.25, 0.3) is 0 Å². The Morgan fingerprint density at radius 1 is 1.52 bits per heavy atom. The van der Waals surface area contributed by atoms with Gasteiger partial charge in [-0.1, -0.05) is 6.92 Å². The summed E-state index contributed by atoms with van der Waals surface area (Å²) in [6, 6.07) is -0.0685. The summed E-state index contributed by atoms with van der Waals surface area (Å²) in [5.74, 6) is 1.19. The fraction of sp³-hybridized carbons (Fsp3) is 0.733. The molecule has 6 heteroatoms. The lowest BCUT2D eigenvalue weighted by Gasteiger charge is -2.20. The SMILES string of the molecule is C[C@@H]1CCc2nc(NC(=O)N(C)C[C@H]3CCOC3)sc2C1. The van der Waals surface area contributed by atoms with E-state index in [0.29, 0.717) is 5.92 Å². The Balaban J connectivity index is 1.56. The maximum Gasteiger partial charge on any atom is 0.323 e. The Hall–Kier alpha value is -1.14. The summed E-state index contributed by atoms with van der Waals surface area (Å²) in [5, 5.41) is 3.69. The molecule has 1 aliphatic heterocycles. The zero-order valence-corrected chi connectivity index (χ0v) is 13.5. The highest BCUT2D eigenvalue weighted by molar-refractivity contribution is 7.15. The minimum atomic E-state index is -0.0685. The summed E-state index contributed by atoms with van der Waals surface area (Å²) in [6.07, 6.45) is 4.38. The van der Waals surface area contributed by atoms with Crippen molar-refractivity contribution in [3.8, 4) is 0 Å². The maximum absolute atomic E-state index is 12.2. The molecule has 0 spiro atoms. The quantitative estimate of drug-likeness (QED) is 0.934. The van der Waals surface area contributed by atoms with Gasteiger partial charge in [0.2, 0.25) is 0 Å². The van der Waals surface area contributed by atoms with Crippen molar-refractivity contribution in [1.29, 1.82) is 0 Å². The number of hydrogen-bond donors (Lipinski definition) is 1. The van der Waals surface area contributed by atoms with Crippen molar-refractivity contribution in [1.82, 2.24) is 9.88 Å². The molecule has 1 saturated heterocycles. The van der Waals surface area contributed by atoms with Gasteiger partial charge in [-0.05, 0) is 31.6 Å². The number of amides is 2. The molecule has 2 heterocycles. The standard InChI is InChI=1S/C15H23N3O2S/c1-10-3-4-12-13(7-10)21-14(16-12)17-15(19)18(2)8-11-5-6-20-9-11/h10-11H,3-9H2,1-2H3,(H,16,17,19)/t10-,11-/m1/s1. The molecule has 0 unspecified atom stereocenters. The van der Waals surface area contributed by atoms with Crippen LogP contribution in [-0.2, 0) is 17.6 Å². The van der Waals surface area contributed by atoms with Crippen molar-refractivity contribution in [2.45, 2.75) is 32.6 Å². The van der Waals surface area contributed by atoms with E-state index in [4.69, 9.17) is 4.74 Å². The number of rotatable bonds is 3. The molecule has 0 aromatic carbocycles. The Morgan fingerprint density at radius 2 is 2.38 bits per heavy atom. The molecule has 1 aromatic rings. The number of aryl methyl sites for hydroxylation is 1. The Morgan fingerprint density at radius 3 is 3.14 bits per heavy atom. The number of thiazole rings is 1. The van der Waals surface area contributed by atoms with E-state index in [9.17, 15) is 4.79 Å². The molecule has 1 aliphatic carbocycles. The van der Waals surface area contributed by atoms with Crippen LogP contribution in [-0.4, -0.2) is 42.7 Å². The molecule has 2 atom stereocenters. The predicted molar refractivity (Wildman–Crippen MR) is 83.9 cm³/mol. The van der Waals surface area contributed by atoms with Gasteiger partial charge in [0.05, 0.1) is 12.3 Å². The second kappa shape index (κ2) is 6.32. The molecule has 0 saturated carbocycles. The minimum Gasteiger partial charge on any atom is -0.381 e. The number of ether oxygens (including phenoxy) is 1. The Bertz CT molecular complexity index is 511. The monoisotopic (exact) mass is 309 g/mol. The number of urea groups is 1. The van der Waals surface area contributed by atoms with Gasteiger partial charge in [0.1, 0.15) is 0 Å². The van der Waals surface area contributed by atoms with Crippen LogP contribution in [0.1, 0.15) is 30.3 Å². The van der Waals surface area contributed by atoms with Crippen molar-refractivity contribution in [3.63, 3.8) is 0 Å². The first-order valence-electron chi connectivity index (χ1n) is 7.70. The van der Waals surface area contributed by atoms with Crippen LogP contribution >= 0.6 is 11.3 Å². The molecule has 2 amide bonds. The topological polar surface area (TPSA) is 54.5 Å². The summed E-state index contributed by atoms with van der Waals surface area (Å²) in [4.78, 5) is 19.9. The lowest BCUT2D eigenvalue weighted by Crippen LogP contribution is -2.35. The third kappa shape index (κ3) is 3.55. The van der Waals surface area contributed by atoms with E-state index < -0.39 is 0 Å². The summed E-state index contributed by atoms with van der Waals surface area (Å²) in [6.45, 7) is 4.60. The number of aromatic nitrogens is 1. The second-order valence-electron chi connectivity index (χ2n) is 6.28. The van der Waals surface area contributed by atoms with Gasteiger partial charge in [0.15, 0.2) is 5.13 Å². The van der Waals surface area contributed by atoms with Crippen LogP contribution in [0.5, 0.6) is 0 Å². The van der Waals surface area contributed by atoms with E-state index in [1.54, 1.807) is 16.2 Å². The lowest BCUT2D eigenvalue weighted by molar-refractivity contribution is 0.175. The van der Waals surface area contributed by atoms with E-state index in [2.05, 4.69) is 17.2 Å². The molecule has 1 fully saturated rings. The summed E-state index contributed by atoms with van der Waals surface area (Å²) in [7, 11) is 1.84. The minimum absolute atomic E-state index is 0.0685. The van der Waals surface area contributed by atoms with Crippen molar-refractivity contribution >= 4 is 22.5 Å². The Kier molecular flexibility index (Phi) is 4.45. The van der Waals surface area contributed by atoms with E-state index >= 15 is 0 Å². The molecule has 5 nitrogen and oxygen atoms in total. The summed E-state index contributed by atoms with van der Waals surface area (Å²) < 4.78 is 5.35. The second-order valence-corrected chi connectivity index (χ2v) is 7.36. The first kappa shape index (κ1) is 14.8. The molecule has 0 radical (unpaired) electrons. The molecular formula is C15H23N3O2S. The lowest BCUT2D eigenvalue weighted by atomic mass is 9.93. The summed E-state index contributed by atoms with van der Waals surface area (Å²) in [5.41, 5.74) is 1.18. The largest absolute Gasteiger partial charge is 0.381 e. The van der Waals surface area contributed by atoms with Crippen molar-refractivity contribution in [2.24, 2.45) is 11.8 Å². The predicted octanol–water partition coefficient (Wildman–Crippen LogP) is 2.77. The Labute approximate surface area is 129 Å². The smallest absolute Gasteiger partial charge is 0.323 e. The molecule has 21 heavy (non-hydrogen) atoms. The van der Waals surface area contributed by atoms with Crippen LogP contribution in [0, 0.1) is 11.8 Å². The number of hydrogen-bond acceptors (Lipinski definition) is 4. The zero-order valence-electron chi connectivity index (χ0n) is 12.7. The number of fused-ring (bicyclic) bond motifs is 1. The van der Waals surface area contributed by atoms with Crippen LogP contribution in [0.4, 0.5) is 9.93 Å². The van der Waals surface area contributed by atoms with Gasteiger partial charge in [-0.25, -0.2) is 9.78 Å². The number of nitrogens with zero attached hydrogens (tertiary/aromatic N) is 2. The normalized spacial score (nSPS) is 24.7. The highest BCUT2D eigenvalue weighted by atomic mass is 32.1. The average Bonchev–Trinajstić information content (AvgIpc) is 3.07. The van der Waals surface area contributed by atoms with Crippen LogP contribution < -0.4 is 5.32 Å². The molecule has 3 rings (SSSR count). The third-order valence-electron chi connectivity index (χ3n) is 4.30. The molecule has 1 N–H and O–H groups in total. The fourth-order valence-corrected chi connectivity index (χ4v) is 4.14. The van der Waals surface area contributed by atoms with E-state index in [-0.39, 0.29) is 6.03 Å². The molecule has 116 valence electrons. The van der Waals surface area contributed by atoms with Gasteiger partial charge in [-0.2, -0.15) is 0 Å². The molecule has 0 bridgehead atoms. The van der Waals surface area contributed by atoms with Gasteiger partial charge in [0.25, 0.3) is 0 Å². The van der Waals surface area contributed by atoms with Gasteiger partial charge < -0.3 is 9.64 Å². The number of nitrogens with one attached hydrogen (secondary N) is 1. The van der Waals surface area contributed by atoms with Crippen molar-refractivity contribution in [3.05, 3.63) is 10.6 Å². The maximum atomic E-state index is 12.2. The number of carbonyl (C=O) groups excluding carboxylic acids is 1. The van der Waals surface area contributed by atoms with E-state index in [1.165, 1.54) is 17.0 Å². The van der Waals surface area contributed by atoms with Gasteiger partial charge in [-0.3, -0.25) is 5.32 Å². The molecular weight excluding hydrogens is 286 g/mol. The highest BCUT2D eigenvalue weighted by Crippen LogP contribution is 2.32. The first-order valence-corrected chi connectivity index (χ1v) is 8.52. The fourth-order valence-electron chi connectivity index (χ4n) is 2.98. The van der Waals surface area contributed by atoms with Gasteiger partial charge >= 0.3 is 6.03 Å². The van der Waals surface area contributed by atoms with Crippen LogP contribution in [0.3, 0.4) is 0 Å². The summed E-state index contributed by atoms with van der Waals surface area (Å²) >= 11 is 1.63. The highest BCUT2D eigenvalue weighted by Gasteiger charge is 2.23. The zero-order chi connectivity index (χ0) is 14.8. The van der Waals surface area contributed by atoms with Crippen LogP contribution in [0.2, 0.25) is 0 Å². The number of carbonyl (C=O) groups is 1. The number of anilines is 1. The first-order chi connectivity index (χ1) is 10.1. The van der Waals surface area contributed by atoms with Gasteiger partial charge in [-0.15, -0.1) is 11.3 Å². The van der Waals surface area contributed by atoms with Crippen LogP contribution in [0.15, 0.2) is 0 Å². The third-order valence-corrected chi connectivity index (χ3v) is 5.34. The van der Waals surface area contributed by atoms with Crippen molar-refractivity contribution in [2.75, 3.05) is 32.1 Å². The van der Waals surface area contributed by atoms with E-state index in [0.717, 1.165) is 50.1 Å². The molecule has 2 aliphatic rings. The van der Waals surface area contributed by atoms with Crippen molar-refractivity contribution < 1.29 is 9.53 Å². The average molecular weight is 309 g/mol. The van der Waals surface area contributed by atoms with Gasteiger partial charge in [0, 0.05) is 31.0 Å². The molecule has 1 aromatic heterocycles. The van der Waals surface area contributed by atoms with E-state index in [1.807, 2.05) is 7.05 Å².